The molecule has 0 amide bonds. The van der Waals surface area contributed by atoms with E-state index in [2.05, 4.69) is 21.7 Å². The van der Waals surface area contributed by atoms with Crippen LogP contribution in [0.25, 0.3) is 0 Å². The van der Waals surface area contributed by atoms with Crippen LogP contribution in [0.3, 0.4) is 0 Å². The summed E-state index contributed by atoms with van der Waals surface area (Å²) in [5.74, 6) is -0.422. The topological polar surface area (TPSA) is 36.4 Å². The number of halogens is 1. The van der Waals surface area contributed by atoms with Gasteiger partial charge < -0.3 is 9.80 Å². The Labute approximate surface area is 119 Å². The number of rotatable bonds is 6. The monoisotopic (exact) mass is 279 g/mol. The van der Waals surface area contributed by atoms with Crippen LogP contribution in [0.4, 0.5) is 4.39 Å². The second-order valence-electron chi connectivity index (χ2n) is 5.22. The summed E-state index contributed by atoms with van der Waals surface area (Å²) >= 11 is 0. The van der Waals surface area contributed by atoms with E-state index in [1.165, 1.54) is 18.6 Å². The molecule has 1 fully saturated rings. The first-order valence-corrected chi connectivity index (χ1v) is 7.28. The number of carbonyl (C=O) groups excluding carboxylic acids is 1. The molecular weight excluding hydrogens is 257 g/mol. The highest BCUT2D eigenvalue weighted by Crippen LogP contribution is 2.06. The van der Waals surface area contributed by atoms with E-state index in [0.717, 1.165) is 45.5 Å². The number of Topliss-reactive ketones (excluding diaryl/α,β-unsaturated/α-hetero) is 1. The van der Waals surface area contributed by atoms with E-state index in [1.54, 1.807) is 0 Å². The Bertz CT molecular complexity index is 427. The molecular formula is C15H22FN3O. The molecule has 0 aliphatic carbocycles. The average Bonchev–Trinajstić information content (AvgIpc) is 2.47. The van der Waals surface area contributed by atoms with Crippen molar-refractivity contribution < 1.29 is 9.18 Å². The zero-order valence-corrected chi connectivity index (χ0v) is 12.0. The molecule has 1 aromatic rings. The van der Waals surface area contributed by atoms with Gasteiger partial charge in [0.2, 0.25) is 0 Å². The van der Waals surface area contributed by atoms with Crippen LogP contribution < -0.4 is 0 Å². The van der Waals surface area contributed by atoms with Gasteiger partial charge >= 0.3 is 0 Å². The molecule has 0 radical (unpaired) electrons. The van der Waals surface area contributed by atoms with Crippen molar-refractivity contribution in [3.63, 3.8) is 0 Å². The van der Waals surface area contributed by atoms with Crippen LogP contribution >= 0.6 is 0 Å². The summed E-state index contributed by atoms with van der Waals surface area (Å²) < 4.78 is 12.7. The Hall–Kier alpha value is -1.33. The van der Waals surface area contributed by atoms with Crippen LogP contribution in [0.5, 0.6) is 0 Å². The van der Waals surface area contributed by atoms with Gasteiger partial charge in [0.25, 0.3) is 0 Å². The summed E-state index contributed by atoms with van der Waals surface area (Å²) in [5.41, 5.74) is 0.357. The Morgan fingerprint density at radius 2 is 1.85 bits per heavy atom. The van der Waals surface area contributed by atoms with Gasteiger partial charge in [0.05, 0.1) is 6.20 Å². The molecule has 0 aromatic carbocycles. The zero-order valence-electron chi connectivity index (χ0n) is 12.0. The van der Waals surface area contributed by atoms with Crippen LogP contribution in [-0.2, 0) is 0 Å². The number of nitrogens with zero attached hydrogens (tertiary/aromatic N) is 3. The molecule has 1 aliphatic rings. The number of pyridine rings is 1. The molecule has 2 heterocycles. The highest BCUT2D eigenvalue weighted by atomic mass is 19.1. The maximum atomic E-state index is 12.7. The van der Waals surface area contributed by atoms with Crippen molar-refractivity contribution in [2.75, 3.05) is 39.3 Å². The smallest absolute Gasteiger partial charge is 0.182 e. The number of piperazine rings is 1. The van der Waals surface area contributed by atoms with Crippen LogP contribution in [0.2, 0.25) is 0 Å². The van der Waals surface area contributed by atoms with Crippen molar-refractivity contribution in [1.82, 2.24) is 14.8 Å². The van der Waals surface area contributed by atoms with E-state index in [-0.39, 0.29) is 5.78 Å². The summed E-state index contributed by atoms with van der Waals surface area (Å²) in [6, 6.07) is 2.74. The van der Waals surface area contributed by atoms with Crippen LogP contribution in [0.15, 0.2) is 18.3 Å². The molecule has 5 heteroatoms. The highest BCUT2D eigenvalue weighted by molar-refractivity contribution is 5.94. The zero-order chi connectivity index (χ0) is 14.4. The van der Waals surface area contributed by atoms with Gasteiger partial charge in [0, 0.05) is 39.1 Å². The number of ketones is 1. The summed E-state index contributed by atoms with van der Waals surface area (Å²) in [6.07, 6.45) is 2.73. The Balaban J connectivity index is 1.73. The lowest BCUT2D eigenvalue weighted by Gasteiger charge is -2.34. The molecule has 2 rings (SSSR count). The number of carbonyl (C=O) groups is 1. The van der Waals surface area contributed by atoms with Gasteiger partial charge in [-0.2, -0.15) is 0 Å². The number of hydrogen-bond acceptors (Lipinski definition) is 4. The van der Waals surface area contributed by atoms with E-state index >= 15 is 0 Å². The Morgan fingerprint density at radius 1 is 1.20 bits per heavy atom. The molecule has 0 saturated carbocycles. The average molecular weight is 279 g/mol. The third kappa shape index (κ3) is 4.35. The van der Waals surface area contributed by atoms with Crippen LogP contribution in [0.1, 0.15) is 30.3 Å². The van der Waals surface area contributed by atoms with Gasteiger partial charge in [0.15, 0.2) is 5.78 Å². The molecule has 0 unspecified atom stereocenters. The fourth-order valence-corrected chi connectivity index (χ4v) is 2.48. The standard InChI is InChI=1S/C15H22FN3O/c1-2-6-18-8-10-19(11-9-18)7-5-15(20)14-4-3-13(16)12-17-14/h3-4,12H,2,5-11H2,1H3. The van der Waals surface area contributed by atoms with Crippen molar-refractivity contribution in [2.24, 2.45) is 0 Å². The second kappa shape index (κ2) is 7.45. The molecule has 0 atom stereocenters. The van der Waals surface area contributed by atoms with Crippen molar-refractivity contribution >= 4 is 5.78 Å². The van der Waals surface area contributed by atoms with E-state index in [1.807, 2.05) is 0 Å². The lowest BCUT2D eigenvalue weighted by Crippen LogP contribution is -2.46. The molecule has 0 spiro atoms. The largest absolute Gasteiger partial charge is 0.301 e. The first kappa shape index (κ1) is 15.1. The number of aromatic nitrogens is 1. The number of hydrogen-bond donors (Lipinski definition) is 0. The lowest BCUT2D eigenvalue weighted by atomic mass is 10.2. The van der Waals surface area contributed by atoms with Crippen molar-refractivity contribution in [2.45, 2.75) is 19.8 Å². The summed E-state index contributed by atoms with van der Waals surface area (Å²) in [7, 11) is 0. The van der Waals surface area contributed by atoms with Gasteiger partial charge in [-0.15, -0.1) is 0 Å². The Kier molecular flexibility index (Phi) is 5.61. The van der Waals surface area contributed by atoms with E-state index < -0.39 is 5.82 Å². The van der Waals surface area contributed by atoms with Gasteiger partial charge in [0.1, 0.15) is 11.5 Å². The van der Waals surface area contributed by atoms with Gasteiger partial charge in [-0.1, -0.05) is 6.92 Å². The molecule has 0 bridgehead atoms. The third-order valence-corrected chi connectivity index (χ3v) is 3.67. The van der Waals surface area contributed by atoms with E-state index in [9.17, 15) is 9.18 Å². The fourth-order valence-electron chi connectivity index (χ4n) is 2.48. The minimum absolute atomic E-state index is 0.0130. The fraction of sp³-hybridized carbons (Fsp3) is 0.600. The first-order chi connectivity index (χ1) is 9.69. The Morgan fingerprint density at radius 3 is 2.40 bits per heavy atom. The SMILES string of the molecule is CCCN1CCN(CCC(=O)c2ccc(F)cn2)CC1. The predicted octanol–water partition coefficient (Wildman–Crippen LogP) is 1.82. The second-order valence-corrected chi connectivity index (χ2v) is 5.22. The maximum absolute atomic E-state index is 12.7. The van der Waals surface area contributed by atoms with Crippen molar-refractivity contribution in [3.05, 3.63) is 29.8 Å². The normalized spacial score (nSPS) is 17.3. The predicted molar refractivity (Wildman–Crippen MR) is 76.3 cm³/mol. The van der Waals surface area contributed by atoms with Gasteiger partial charge in [-0.3, -0.25) is 9.78 Å². The van der Waals surface area contributed by atoms with E-state index in [0.29, 0.717) is 12.1 Å². The summed E-state index contributed by atoms with van der Waals surface area (Å²) in [6.45, 7) is 8.31. The molecule has 110 valence electrons. The summed E-state index contributed by atoms with van der Waals surface area (Å²) in [5, 5.41) is 0. The molecule has 20 heavy (non-hydrogen) atoms. The quantitative estimate of drug-likeness (QED) is 0.744. The van der Waals surface area contributed by atoms with Gasteiger partial charge in [-0.05, 0) is 25.1 Å². The van der Waals surface area contributed by atoms with Crippen molar-refractivity contribution in [3.8, 4) is 0 Å². The minimum Gasteiger partial charge on any atom is -0.301 e. The molecule has 1 saturated heterocycles. The highest BCUT2D eigenvalue weighted by Gasteiger charge is 2.17. The van der Waals surface area contributed by atoms with Crippen LogP contribution in [0, 0.1) is 5.82 Å². The van der Waals surface area contributed by atoms with E-state index in [4.69, 9.17) is 0 Å². The summed E-state index contributed by atoms with van der Waals surface area (Å²) in [4.78, 5) is 20.5. The lowest BCUT2D eigenvalue weighted by molar-refractivity contribution is 0.0924. The molecule has 0 N–H and O–H groups in total. The van der Waals surface area contributed by atoms with Crippen LogP contribution in [-0.4, -0.2) is 59.8 Å². The molecule has 4 nitrogen and oxygen atoms in total. The first-order valence-electron chi connectivity index (χ1n) is 7.28. The van der Waals surface area contributed by atoms with Gasteiger partial charge in [-0.25, -0.2) is 4.39 Å². The van der Waals surface area contributed by atoms with Crippen molar-refractivity contribution in [1.29, 1.82) is 0 Å². The molecule has 1 aliphatic heterocycles. The maximum Gasteiger partial charge on any atom is 0.182 e. The minimum atomic E-state index is -0.409. The third-order valence-electron chi connectivity index (χ3n) is 3.67. The molecule has 1 aromatic heterocycles.